The molecule has 0 fully saturated rings. The minimum Gasteiger partial charge on any atom is -0.378 e. The smallest absolute Gasteiger partial charge is 0.251 e. The number of aryl methyl sites for hydroxylation is 1. The van der Waals surface area contributed by atoms with E-state index >= 15 is 0 Å². The number of fused-ring (bicyclic) bond motifs is 1. The molecule has 7 nitrogen and oxygen atoms in total. The summed E-state index contributed by atoms with van der Waals surface area (Å²) < 4.78 is 6.02. The number of benzene rings is 1. The fourth-order valence-electron chi connectivity index (χ4n) is 2.27. The van der Waals surface area contributed by atoms with E-state index in [0.717, 1.165) is 15.8 Å². The van der Waals surface area contributed by atoms with E-state index in [1.54, 1.807) is 6.92 Å². The average Bonchev–Trinajstić information content (AvgIpc) is 2.95. The van der Waals surface area contributed by atoms with E-state index in [0.29, 0.717) is 16.0 Å². The highest BCUT2D eigenvalue weighted by Crippen LogP contribution is 2.28. The number of nitrogens with zero attached hydrogens (tertiary/aromatic N) is 2. The number of thioether (sulfide) groups is 1. The van der Waals surface area contributed by atoms with Crippen LogP contribution in [0.15, 0.2) is 34.2 Å². The van der Waals surface area contributed by atoms with Crippen molar-refractivity contribution in [3.8, 4) is 0 Å². The van der Waals surface area contributed by atoms with Crippen molar-refractivity contribution < 1.29 is 9.53 Å². The Hall–Kier alpha value is -2.23. The SMILES string of the molecule is COCc1cc(=O)[nH]c(SC(C)C(=O)Nc2nc3ccc(C)cc3s2)n1. The van der Waals surface area contributed by atoms with Crippen molar-refractivity contribution in [2.24, 2.45) is 0 Å². The molecule has 0 aliphatic heterocycles. The van der Waals surface area contributed by atoms with Gasteiger partial charge in [-0.25, -0.2) is 9.97 Å². The molecule has 2 heterocycles. The molecule has 0 saturated heterocycles. The molecular weight excluding hydrogens is 372 g/mol. The molecule has 0 spiro atoms. The number of thiazole rings is 1. The first-order chi connectivity index (χ1) is 12.4. The summed E-state index contributed by atoms with van der Waals surface area (Å²) in [5.41, 5.74) is 2.25. The molecule has 1 atom stereocenters. The largest absolute Gasteiger partial charge is 0.378 e. The van der Waals surface area contributed by atoms with Crippen LogP contribution >= 0.6 is 23.1 Å². The summed E-state index contributed by atoms with van der Waals surface area (Å²) in [7, 11) is 1.53. The van der Waals surface area contributed by atoms with Gasteiger partial charge in [-0.1, -0.05) is 29.2 Å². The van der Waals surface area contributed by atoms with Crippen molar-refractivity contribution in [1.82, 2.24) is 15.0 Å². The summed E-state index contributed by atoms with van der Waals surface area (Å²) in [5.74, 6) is -0.203. The summed E-state index contributed by atoms with van der Waals surface area (Å²) in [5, 5.41) is 3.31. The molecule has 26 heavy (non-hydrogen) atoms. The molecule has 0 saturated carbocycles. The van der Waals surface area contributed by atoms with Gasteiger partial charge in [0.1, 0.15) is 0 Å². The molecule has 2 aromatic heterocycles. The number of amides is 1. The molecule has 0 aliphatic carbocycles. The number of H-pyrrole nitrogens is 1. The van der Waals surface area contributed by atoms with Gasteiger partial charge < -0.3 is 15.0 Å². The van der Waals surface area contributed by atoms with Gasteiger partial charge >= 0.3 is 0 Å². The predicted molar refractivity (Wildman–Crippen MR) is 104 cm³/mol. The molecule has 3 rings (SSSR count). The molecule has 0 radical (unpaired) electrons. The monoisotopic (exact) mass is 390 g/mol. The molecule has 0 aliphatic rings. The molecule has 3 aromatic rings. The molecule has 1 amide bonds. The van der Waals surface area contributed by atoms with Crippen LogP contribution in [0.25, 0.3) is 10.2 Å². The van der Waals surface area contributed by atoms with Crippen LogP contribution in [0.1, 0.15) is 18.2 Å². The van der Waals surface area contributed by atoms with Gasteiger partial charge in [-0.05, 0) is 31.5 Å². The summed E-state index contributed by atoms with van der Waals surface area (Å²) in [4.78, 5) is 35.5. The van der Waals surface area contributed by atoms with E-state index in [1.807, 2.05) is 25.1 Å². The highest BCUT2D eigenvalue weighted by molar-refractivity contribution is 8.00. The molecule has 9 heteroatoms. The second kappa shape index (κ2) is 7.98. The third-order valence-electron chi connectivity index (χ3n) is 3.50. The number of nitrogens with one attached hydrogen (secondary N) is 2. The van der Waals surface area contributed by atoms with E-state index < -0.39 is 5.25 Å². The van der Waals surface area contributed by atoms with Gasteiger partial charge in [0, 0.05) is 13.2 Å². The van der Waals surface area contributed by atoms with Crippen LogP contribution in [0.3, 0.4) is 0 Å². The number of methoxy groups -OCH3 is 1. The van der Waals surface area contributed by atoms with Crippen LogP contribution in [0, 0.1) is 6.92 Å². The van der Waals surface area contributed by atoms with Crippen LogP contribution in [-0.4, -0.2) is 33.2 Å². The van der Waals surface area contributed by atoms with Crippen LogP contribution in [0.2, 0.25) is 0 Å². The fourth-order valence-corrected chi connectivity index (χ4v) is 4.07. The number of carbonyl (C=O) groups excluding carboxylic acids is 1. The Morgan fingerprint density at radius 3 is 2.96 bits per heavy atom. The Balaban J connectivity index is 1.70. The molecular formula is C17H18N4O3S2. The number of aromatic nitrogens is 3. The lowest BCUT2D eigenvalue weighted by Gasteiger charge is -2.10. The normalized spacial score (nSPS) is 12.3. The van der Waals surface area contributed by atoms with E-state index in [9.17, 15) is 9.59 Å². The first kappa shape index (κ1) is 18.6. The Kier molecular flexibility index (Phi) is 5.70. The van der Waals surface area contributed by atoms with Crippen molar-refractivity contribution in [1.29, 1.82) is 0 Å². The molecule has 0 bridgehead atoms. The van der Waals surface area contributed by atoms with Crippen LogP contribution < -0.4 is 10.9 Å². The lowest BCUT2D eigenvalue weighted by molar-refractivity contribution is -0.115. The highest BCUT2D eigenvalue weighted by atomic mass is 32.2. The Bertz CT molecular complexity index is 999. The van der Waals surface area contributed by atoms with Crippen LogP contribution in [0.5, 0.6) is 0 Å². The summed E-state index contributed by atoms with van der Waals surface area (Å²) in [6.45, 7) is 4.01. The summed E-state index contributed by atoms with van der Waals surface area (Å²) in [6.07, 6.45) is 0. The maximum absolute atomic E-state index is 12.4. The summed E-state index contributed by atoms with van der Waals surface area (Å²) in [6, 6.07) is 7.34. The predicted octanol–water partition coefficient (Wildman–Crippen LogP) is 2.95. The number of anilines is 1. The van der Waals surface area contributed by atoms with Gasteiger partial charge in [0.2, 0.25) is 5.91 Å². The third kappa shape index (κ3) is 4.48. The van der Waals surface area contributed by atoms with E-state index in [-0.39, 0.29) is 18.1 Å². The molecule has 1 aromatic carbocycles. The van der Waals surface area contributed by atoms with E-state index in [1.165, 1.54) is 36.3 Å². The van der Waals surface area contributed by atoms with Crippen LogP contribution in [-0.2, 0) is 16.1 Å². The van der Waals surface area contributed by atoms with Gasteiger partial charge in [-0.15, -0.1) is 0 Å². The maximum Gasteiger partial charge on any atom is 0.251 e. The van der Waals surface area contributed by atoms with Crippen molar-refractivity contribution in [2.75, 3.05) is 12.4 Å². The Morgan fingerprint density at radius 2 is 2.19 bits per heavy atom. The molecule has 1 unspecified atom stereocenters. The van der Waals surface area contributed by atoms with E-state index in [2.05, 4.69) is 20.3 Å². The number of ether oxygens (including phenoxy) is 1. The lowest BCUT2D eigenvalue weighted by Crippen LogP contribution is -2.23. The number of hydrogen-bond acceptors (Lipinski definition) is 7. The topological polar surface area (TPSA) is 97.0 Å². The minimum absolute atomic E-state index is 0.203. The quantitative estimate of drug-likeness (QED) is 0.496. The highest BCUT2D eigenvalue weighted by Gasteiger charge is 2.18. The Morgan fingerprint density at radius 1 is 1.38 bits per heavy atom. The van der Waals surface area contributed by atoms with Crippen LogP contribution in [0.4, 0.5) is 5.13 Å². The van der Waals surface area contributed by atoms with E-state index in [4.69, 9.17) is 4.74 Å². The number of hydrogen-bond donors (Lipinski definition) is 2. The summed E-state index contributed by atoms with van der Waals surface area (Å²) >= 11 is 2.61. The molecule has 136 valence electrons. The zero-order valence-corrected chi connectivity index (χ0v) is 16.2. The van der Waals surface area contributed by atoms with Gasteiger partial charge in [0.25, 0.3) is 5.56 Å². The van der Waals surface area contributed by atoms with Crippen molar-refractivity contribution in [3.63, 3.8) is 0 Å². The van der Waals surface area contributed by atoms with Crippen molar-refractivity contribution in [3.05, 3.63) is 45.9 Å². The number of carbonyl (C=O) groups is 1. The second-order valence-electron chi connectivity index (χ2n) is 5.71. The zero-order chi connectivity index (χ0) is 18.7. The molecule has 2 N–H and O–H groups in total. The van der Waals surface area contributed by atoms with Gasteiger partial charge in [-0.3, -0.25) is 9.59 Å². The van der Waals surface area contributed by atoms with Gasteiger partial charge in [-0.2, -0.15) is 0 Å². The maximum atomic E-state index is 12.4. The number of rotatable bonds is 6. The first-order valence-electron chi connectivity index (χ1n) is 7.88. The van der Waals surface area contributed by atoms with Crippen molar-refractivity contribution in [2.45, 2.75) is 30.9 Å². The Labute approximate surface area is 158 Å². The first-order valence-corrected chi connectivity index (χ1v) is 9.58. The lowest BCUT2D eigenvalue weighted by atomic mass is 10.2. The minimum atomic E-state index is -0.454. The standard InChI is InChI=1S/C17H18N4O3S2/c1-9-4-5-12-13(6-9)26-17(19-12)21-15(23)10(2)25-16-18-11(8-24-3)7-14(22)20-16/h4-7,10H,8H2,1-3H3,(H,18,20,22)(H,19,21,23). The fraction of sp³-hybridized carbons (Fsp3) is 0.294. The average molecular weight is 390 g/mol. The zero-order valence-electron chi connectivity index (χ0n) is 14.5. The second-order valence-corrected chi connectivity index (χ2v) is 8.07. The third-order valence-corrected chi connectivity index (χ3v) is 5.41. The number of aromatic amines is 1. The van der Waals surface area contributed by atoms with Gasteiger partial charge in [0.15, 0.2) is 10.3 Å². The van der Waals surface area contributed by atoms with Crippen molar-refractivity contribution >= 4 is 44.4 Å². The van der Waals surface area contributed by atoms with Gasteiger partial charge in [0.05, 0.1) is 27.8 Å².